The van der Waals surface area contributed by atoms with Gasteiger partial charge in [-0.2, -0.15) is 18.3 Å². The summed E-state index contributed by atoms with van der Waals surface area (Å²) in [6, 6.07) is 9.70. The first kappa shape index (κ1) is 25.9. The minimum absolute atomic E-state index is 0.00141. The van der Waals surface area contributed by atoms with Crippen molar-refractivity contribution in [2.24, 2.45) is 5.73 Å². The van der Waals surface area contributed by atoms with Crippen molar-refractivity contribution in [1.29, 1.82) is 0 Å². The average molecular weight is 536 g/mol. The molecule has 0 aliphatic heterocycles. The molecule has 2 aromatic heterocycles. The van der Waals surface area contributed by atoms with Gasteiger partial charge in [-0.15, -0.1) is 0 Å². The second-order valence-corrected chi connectivity index (χ2v) is 8.34. The van der Waals surface area contributed by atoms with Crippen molar-refractivity contribution in [2.75, 3.05) is 12.4 Å². The van der Waals surface area contributed by atoms with Gasteiger partial charge in [0.25, 0.3) is 11.8 Å². The number of carbonyl (C=O) groups is 2. The number of halogens is 5. The Balaban J connectivity index is 1.81. The molecule has 13 heteroatoms. The van der Waals surface area contributed by atoms with E-state index in [-0.39, 0.29) is 39.4 Å². The van der Waals surface area contributed by atoms with Crippen LogP contribution in [0.5, 0.6) is 5.75 Å². The van der Waals surface area contributed by atoms with Gasteiger partial charge in [-0.05, 0) is 25.1 Å². The Hall–Kier alpha value is -4.19. The molecule has 2 heterocycles. The van der Waals surface area contributed by atoms with E-state index in [1.807, 2.05) is 0 Å². The second kappa shape index (κ2) is 9.69. The first-order chi connectivity index (χ1) is 17.4. The van der Waals surface area contributed by atoms with E-state index < -0.39 is 35.2 Å². The van der Waals surface area contributed by atoms with Gasteiger partial charge in [0.1, 0.15) is 17.3 Å². The lowest BCUT2D eigenvalue weighted by atomic mass is 10.1. The molecule has 4 aromatic rings. The quantitative estimate of drug-likeness (QED) is 0.339. The Kier molecular flexibility index (Phi) is 6.78. The van der Waals surface area contributed by atoms with Crippen LogP contribution in [0.4, 0.5) is 23.2 Å². The highest BCUT2D eigenvalue weighted by Gasteiger charge is 2.39. The van der Waals surface area contributed by atoms with Crippen LogP contribution < -0.4 is 15.8 Å². The zero-order valence-corrected chi connectivity index (χ0v) is 20.0. The maximum absolute atomic E-state index is 14.0. The fraction of sp³-hybridized carbons (Fsp3) is 0.167. The number of rotatable bonds is 6. The zero-order chi connectivity index (χ0) is 27.1. The molecule has 3 N–H and O–H groups in total. The van der Waals surface area contributed by atoms with E-state index in [0.29, 0.717) is 11.3 Å². The van der Waals surface area contributed by atoms with Gasteiger partial charge in [-0.3, -0.25) is 14.3 Å². The van der Waals surface area contributed by atoms with Gasteiger partial charge in [-0.1, -0.05) is 29.8 Å². The summed E-state index contributed by atoms with van der Waals surface area (Å²) < 4.78 is 62.1. The Bertz CT molecular complexity index is 1550. The highest BCUT2D eigenvalue weighted by molar-refractivity contribution is 6.31. The number of alkyl halides is 3. The molecule has 0 aliphatic rings. The van der Waals surface area contributed by atoms with Crippen molar-refractivity contribution in [3.63, 3.8) is 0 Å². The highest BCUT2D eigenvalue weighted by atomic mass is 35.5. The third-order valence-electron chi connectivity index (χ3n) is 5.57. The van der Waals surface area contributed by atoms with Crippen molar-refractivity contribution in [2.45, 2.75) is 19.6 Å². The van der Waals surface area contributed by atoms with Crippen molar-refractivity contribution < 1.29 is 31.9 Å². The molecule has 0 fully saturated rings. The topological polar surface area (TPSA) is 112 Å². The lowest BCUT2D eigenvalue weighted by Gasteiger charge is -2.12. The summed E-state index contributed by atoms with van der Waals surface area (Å²) in [5, 5.41) is 5.58. The molecule has 2 amide bonds. The van der Waals surface area contributed by atoms with E-state index in [1.165, 1.54) is 14.0 Å². The molecule has 0 atom stereocenters. The number of methoxy groups -OCH3 is 1. The van der Waals surface area contributed by atoms with E-state index in [0.717, 1.165) is 22.9 Å². The number of pyridine rings is 1. The van der Waals surface area contributed by atoms with Crippen LogP contribution in [0, 0.1) is 12.7 Å². The molecule has 0 bridgehead atoms. The zero-order valence-electron chi connectivity index (χ0n) is 19.3. The van der Waals surface area contributed by atoms with E-state index in [4.69, 9.17) is 22.1 Å². The fourth-order valence-corrected chi connectivity index (χ4v) is 3.92. The van der Waals surface area contributed by atoms with Crippen molar-refractivity contribution in [1.82, 2.24) is 14.8 Å². The van der Waals surface area contributed by atoms with Crippen LogP contribution in [0.2, 0.25) is 5.02 Å². The lowest BCUT2D eigenvalue weighted by Crippen LogP contribution is -2.19. The van der Waals surface area contributed by atoms with Gasteiger partial charge < -0.3 is 15.8 Å². The van der Waals surface area contributed by atoms with Gasteiger partial charge in [0.2, 0.25) is 0 Å². The summed E-state index contributed by atoms with van der Waals surface area (Å²) >= 11 is 5.84. The molecule has 8 nitrogen and oxygen atoms in total. The normalized spacial score (nSPS) is 11.5. The summed E-state index contributed by atoms with van der Waals surface area (Å²) in [6.45, 7) is 1.28. The minimum atomic E-state index is -4.91. The van der Waals surface area contributed by atoms with Crippen LogP contribution >= 0.6 is 11.6 Å². The number of aromatic nitrogens is 3. The van der Waals surface area contributed by atoms with E-state index in [2.05, 4.69) is 15.4 Å². The number of amides is 2. The van der Waals surface area contributed by atoms with Gasteiger partial charge in [0.05, 0.1) is 41.1 Å². The third-order valence-corrected chi connectivity index (χ3v) is 5.86. The van der Waals surface area contributed by atoms with Gasteiger partial charge >= 0.3 is 6.18 Å². The molecule has 37 heavy (non-hydrogen) atoms. The number of nitrogens with two attached hydrogens (primary N) is 1. The van der Waals surface area contributed by atoms with Crippen molar-refractivity contribution in [3.05, 3.63) is 81.5 Å². The SMILES string of the molecule is COc1ccccc1Cn1nc(C(F)(F)F)c(NC(=O)c2cc(C(N)=O)nc3cc(F)c(Cl)cc23)c1C. The smallest absolute Gasteiger partial charge is 0.437 e. The van der Waals surface area contributed by atoms with Crippen LogP contribution in [-0.2, 0) is 12.7 Å². The van der Waals surface area contributed by atoms with Crippen LogP contribution in [0.15, 0.2) is 42.5 Å². The summed E-state index contributed by atoms with van der Waals surface area (Å²) in [5.41, 5.74) is 3.11. The number of hydrogen-bond acceptors (Lipinski definition) is 5. The summed E-state index contributed by atoms with van der Waals surface area (Å²) in [4.78, 5) is 28.9. The molecular formula is C24H18ClF4N5O3. The third kappa shape index (κ3) is 5.05. The molecule has 0 saturated carbocycles. The Labute approximate surface area is 212 Å². The van der Waals surface area contributed by atoms with E-state index >= 15 is 0 Å². The number of nitrogens with zero attached hydrogens (tertiary/aromatic N) is 3. The molecule has 4 rings (SSSR count). The van der Waals surface area contributed by atoms with Gasteiger partial charge in [-0.25, -0.2) is 9.37 Å². The molecule has 0 radical (unpaired) electrons. The number of benzene rings is 2. The number of carbonyl (C=O) groups excluding carboxylic acids is 2. The molecule has 2 aromatic carbocycles. The number of anilines is 1. The van der Waals surface area contributed by atoms with Crippen LogP contribution in [0.3, 0.4) is 0 Å². The maximum atomic E-state index is 14.0. The van der Waals surface area contributed by atoms with Gasteiger partial charge in [0, 0.05) is 17.0 Å². The summed E-state index contributed by atoms with van der Waals surface area (Å²) in [5.74, 6) is -2.49. The van der Waals surface area contributed by atoms with E-state index in [9.17, 15) is 27.2 Å². The van der Waals surface area contributed by atoms with Crippen molar-refractivity contribution in [3.8, 4) is 5.75 Å². The van der Waals surface area contributed by atoms with Crippen LogP contribution in [-0.4, -0.2) is 33.7 Å². The Morgan fingerprint density at radius 2 is 1.89 bits per heavy atom. The van der Waals surface area contributed by atoms with Gasteiger partial charge in [0.15, 0.2) is 5.69 Å². The Morgan fingerprint density at radius 1 is 1.19 bits per heavy atom. The number of hydrogen-bond donors (Lipinski definition) is 2. The Morgan fingerprint density at radius 3 is 2.54 bits per heavy atom. The summed E-state index contributed by atoms with van der Waals surface area (Å²) in [6.07, 6.45) is -4.91. The number of primary amides is 1. The van der Waals surface area contributed by atoms with Crippen LogP contribution in [0.1, 0.15) is 37.8 Å². The highest BCUT2D eigenvalue weighted by Crippen LogP contribution is 2.37. The second-order valence-electron chi connectivity index (χ2n) is 7.93. The number of ether oxygens (including phenoxy) is 1. The fourth-order valence-electron chi connectivity index (χ4n) is 3.76. The predicted molar refractivity (Wildman–Crippen MR) is 127 cm³/mol. The van der Waals surface area contributed by atoms with Crippen LogP contribution in [0.25, 0.3) is 10.9 Å². The maximum Gasteiger partial charge on any atom is 0.437 e. The average Bonchev–Trinajstić information content (AvgIpc) is 3.14. The van der Waals surface area contributed by atoms with Crippen molar-refractivity contribution >= 4 is 40.0 Å². The lowest BCUT2D eigenvalue weighted by molar-refractivity contribution is -0.140. The first-order valence-corrected chi connectivity index (χ1v) is 11.0. The van der Waals surface area contributed by atoms with E-state index in [1.54, 1.807) is 24.3 Å². The molecule has 0 saturated heterocycles. The number of nitrogens with one attached hydrogen (secondary N) is 1. The predicted octanol–water partition coefficient (Wildman–Crippen LogP) is 4.96. The molecular weight excluding hydrogens is 518 g/mol. The minimum Gasteiger partial charge on any atom is -0.496 e. The number of fused-ring (bicyclic) bond motifs is 1. The molecule has 0 unspecified atom stereocenters. The standard InChI is InChI=1S/C24H18ClF4N5O3/c1-11-20(21(24(27,28)29)33-34(11)10-12-5-3-4-6-19(12)37-2)32-23(36)14-8-18(22(30)35)31-17-9-16(26)15(25)7-13(14)17/h3-9H,10H2,1-2H3,(H2,30,35)(H,32,36). The largest absolute Gasteiger partial charge is 0.496 e. The molecule has 0 aliphatic carbocycles. The molecule has 0 spiro atoms. The number of para-hydroxylation sites is 1. The summed E-state index contributed by atoms with van der Waals surface area (Å²) in [7, 11) is 1.43. The first-order valence-electron chi connectivity index (χ1n) is 10.6. The molecule has 192 valence electrons. The monoisotopic (exact) mass is 535 g/mol.